The minimum Gasteiger partial charge on any atom is -0.507 e. The summed E-state index contributed by atoms with van der Waals surface area (Å²) in [6.07, 6.45) is 1.03. The zero-order valence-corrected chi connectivity index (χ0v) is 15.5. The average Bonchev–Trinajstić information content (AvgIpc) is 2.59. The highest BCUT2D eigenvalue weighted by molar-refractivity contribution is 5.73. The largest absolute Gasteiger partial charge is 0.507 e. The van der Waals surface area contributed by atoms with Crippen molar-refractivity contribution in [3.63, 3.8) is 0 Å². The van der Waals surface area contributed by atoms with E-state index < -0.39 is 0 Å². The standard InChI is InChI=1S/C21H24N2O3/c1-12-4-16(5-13(2)21(12)26)17-7-19-18-6-15(9-22(11-18)14(3)24)10-23(19)20(25)8-17/h4-5,7-8,15,18,26H,6,9-11H2,1-3H3/t15-,18+/m0/s1. The van der Waals surface area contributed by atoms with Gasteiger partial charge in [0.05, 0.1) is 0 Å². The molecule has 136 valence electrons. The van der Waals surface area contributed by atoms with Crippen molar-refractivity contribution in [1.29, 1.82) is 0 Å². The van der Waals surface area contributed by atoms with Gasteiger partial charge in [-0.2, -0.15) is 0 Å². The van der Waals surface area contributed by atoms with Crippen molar-refractivity contribution in [2.75, 3.05) is 13.1 Å². The lowest BCUT2D eigenvalue weighted by Crippen LogP contribution is -2.48. The van der Waals surface area contributed by atoms with E-state index in [0.29, 0.717) is 24.8 Å². The second-order valence-corrected chi connectivity index (χ2v) is 7.80. The molecular weight excluding hydrogens is 328 g/mol. The minimum absolute atomic E-state index is 0.0202. The third-order valence-corrected chi connectivity index (χ3v) is 5.83. The number of hydrogen-bond donors (Lipinski definition) is 1. The molecule has 1 aromatic heterocycles. The molecule has 0 radical (unpaired) electrons. The van der Waals surface area contributed by atoms with Crippen LogP contribution in [0.2, 0.25) is 0 Å². The Labute approximate surface area is 152 Å². The lowest BCUT2D eigenvalue weighted by molar-refractivity contribution is -0.131. The lowest BCUT2D eigenvalue weighted by atomic mass is 9.82. The number of benzene rings is 1. The van der Waals surface area contributed by atoms with Crippen LogP contribution < -0.4 is 5.56 Å². The normalized spacial score (nSPS) is 21.4. The third-order valence-electron chi connectivity index (χ3n) is 5.83. The fourth-order valence-electron chi connectivity index (χ4n) is 4.51. The van der Waals surface area contributed by atoms with E-state index in [-0.39, 0.29) is 17.4 Å². The number of likely N-dealkylation sites (tertiary alicyclic amines) is 1. The first-order valence-corrected chi connectivity index (χ1v) is 9.14. The Morgan fingerprint density at radius 1 is 1.04 bits per heavy atom. The van der Waals surface area contributed by atoms with E-state index >= 15 is 0 Å². The number of aromatic nitrogens is 1. The topological polar surface area (TPSA) is 62.5 Å². The fraction of sp³-hybridized carbons (Fsp3) is 0.429. The van der Waals surface area contributed by atoms with Crippen LogP contribution in [0.15, 0.2) is 29.1 Å². The summed E-state index contributed by atoms with van der Waals surface area (Å²) in [5.41, 5.74) is 4.48. The van der Waals surface area contributed by atoms with E-state index in [1.165, 1.54) is 0 Å². The first-order valence-electron chi connectivity index (χ1n) is 9.14. The summed E-state index contributed by atoms with van der Waals surface area (Å²) in [6.45, 7) is 7.47. The van der Waals surface area contributed by atoms with E-state index in [1.54, 1.807) is 13.0 Å². The summed E-state index contributed by atoms with van der Waals surface area (Å²) < 4.78 is 1.89. The quantitative estimate of drug-likeness (QED) is 0.858. The number of phenols is 1. The van der Waals surface area contributed by atoms with Crippen LogP contribution in [0.1, 0.15) is 36.1 Å². The number of hydrogen-bond acceptors (Lipinski definition) is 3. The summed E-state index contributed by atoms with van der Waals surface area (Å²) in [6, 6.07) is 7.63. The van der Waals surface area contributed by atoms with Gasteiger partial charge in [0, 0.05) is 44.2 Å². The predicted molar refractivity (Wildman–Crippen MR) is 100 cm³/mol. The van der Waals surface area contributed by atoms with Gasteiger partial charge in [0.15, 0.2) is 0 Å². The van der Waals surface area contributed by atoms with Crippen molar-refractivity contribution >= 4 is 5.91 Å². The molecule has 0 aliphatic carbocycles. The molecule has 0 spiro atoms. The van der Waals surface area contributed by atoms with Crippen molar-refractivity contribution in [3.8, 4) is 16.9 Å². The summed E-state index contributed by atoms with van der Waals surface area (Å²) in [7, 11) is 0. The molecule has 2 aliphatic heterocycles. The van der Waals surface area contributed by atoms with Crippen LogP contribution in [0, 0.1) is 19.8 Å². The molecule has 2 atom stereocenters. The number of phenolic OH excluding ortho intramolecular Hbond substituents is 1. The number of fused-ring (bicyclic) bond motifs is 4. The van der Waals surface area contributed by atoms with Gasteiger partial charge in [-0.05, 0) is 66.6 Å². The maximum atomic E-state index is 12.8. The smallest absolute Gasteiger partial charge is 0.251 e. The molecular formula is C21H24N2O3. The zero-order chi connectivity index (χ0) is 18.6. The molecule has 1 aromatic carbocycles. The molecule has 5 heteroatoms. The molecule has 0 saturated carbocycles. The summed E-state index contributed by atoms with van der Waals surface area (Å²) in [5, 5.41) is 10.0. The van der Waals surface area contributed by atoms with Gasteiger partial charge in [-0.1, -0.05) is 0 Å². The Hall–Kier alpha value is -2.56. The van der Waals surface area contributed by atoms with Gasteiger partial charge in [0.25, 0.3) is 5.56 Å². The number of pyridine rings is 1. The maximum Gasteiger partial charge on any atom is 0.251 e. The van der Waals surface area contributed by atoms with E-state index in [4.69, 9.17) is 0 Å². The molecule has 3 heterocycles. The molecule has 2 aliphatic rings. The molecule has 1 N–H and O–H groups in total. The SMILES string of the molecule is CC(=O)N1C[C@@H]2C[C@H](C1)c1cc(-c3cc(C)c(O)c(C)c3)cc(=O)n1C2. The van der Waals surface area contributed by atoms with Crippen LogP contribution in [0.25, 0.3) is 11.1 Å². The number of amides is 1. The van der Waals surface area contributed by atoms with E-state index in [9.17, 15) is 14.7 Å². The zero-order valence-electron chi connectivity index (χ0n) is 15.5. The average molecular weight is 352 g/mol. The Kier molecular flexibility index (Phi) is 3.90. The number of nitrogens with zero attached hydrogens (tertiary/aromatic N) is 2. The van der Waals surface area contributed by atoms with Crippen molar-refractivity contribution < 1.29 is 9.90 Å². The number of carbonyl (C=O) groups is 1. The highest BCUT2D eigenvalue weighted by Crippen LogP contribution is 2.37. The molecule has 26 heavy (non-hydrogen) atoms. The monoisotopic (exact) mass is 352 g/mol. The Morgan fingerprint density at radius 2 is 1.69 bits per heavy atom. The molecule has 1 saturated heterocycles. The number of piperidine rings is 1. The Balaban J connectivity index is 1.80. The van der Waals surface area contributed by atoms with Crippen molar-refractivity contribution in [2.45, 2.75) is 39.7 Å². The lowest BCUT2D eigenvalue weighted by Gasteiger charge is -2.42. The summed E-state index contributed by atoms with van der Waals surface area (Å²) in [4.78, 5) is 26.5. The van der Waals surface area contributed by atoms with E-state index in [1.807, 2.05) is 35.4 Å². The molecule has 2 bridgehead atoms. The van der Waals surface area contributed by atoms with Crippen LogP contribution in [0.5, 0.6) is 5.75 Å². The number of aromatic hydroxyl groups is 1. The van der Waals surface area contributed by atoms with Gasteiger partial charge in [-0.25, -0.2) is 0 Å². The number of carbonyl (C=O) groups excluding carboxylic acids is 1. The number of rotatable bonds is 1. The van der Waals surface area contributed by atoms with Gasteiger partial charge in [0.1, 0.15) is 5.75 Å². The molecule has 4 rings (SSSR count). The van der Waals surface area contributed by atoms with Crippen LogP contribution >= 0.6 is 0 Å². The molecule has 5 nitrogen and oxygen atoms in total. The van der Waals surface area contributed by atoms with Crippen LogP contribution in [-0.2, 0) is 11.3 Å². The molecule has 1 amide bonds. The third kappa shape index (κ3) is 2.71. The van der Waals surface area contributed by atoms with Gasteiger partial charge < -0.3 is 14.6 Å². The first kappa shape index (κ1) is 16.9. The van der Waals surface area contributed by atoms with Gasteiger partial charge in [0.2, 0.25) is 5.91 Å². The first-order chi connectivity index (χ1) is 12.3. The molecule has 1 fully saturated rings. The minimum atomic E-state index is 0.0202. The Morgan fingerprint density at radius 3 is 2.35 bits per heavy atom. The summed E-state index contributed by atoms with van der Waals surface area (Å²) in [5.74, 6) is 0.970. The molecule has 2 aromatic rings. The van der Waals surface area contributed by atoms with Crippen molar-refractivity contribution in [1.82, 2.24) is 9.47 Å². The highest BCUT2D eigenvalue weighted by Gasteiger charge is 2.35. The Bertz CT molecular complexity index is 937. The fourth-order valence-corrected chi connectivity index (χ4v) is 4.51. The van der Waals surface area contributed by atoms with E-state index in [0.717, 1.165) is 40.9 Å². The molecule has 0 unspecified atom stereocenters. The maximum absolute atomic E-state index is 12.8. The number of aryl methyl sites for hydroxylation is 2. The van der Waals surface area contributed by atoms with Crippen LogP contribution in [-0.4, -0.2) is 33.6 Å². The second kappa shape index (κ2) is 6.01. The predicted octanol–water partition coefficient (Wildman–Crippen LogP) is 2.80. The van der Waals surface area contributed by atoms with Crippen LogP contribution in [0.3, 0.4) is 0 Å². The summed E-state index contributed by atoms with van der Waals surface area (Å²) >= 11 is 0. The van der Waals surface area contributed by atoms with Gasteiger partial charge in [-0.15, -0.1) is 0 Å². The van der Waals surface area contributed by atoms with Crippen molar-refractivity contribution in [3.05, 3.63) is 51.4 Å². The second-order valence-electron chi connectivity index (χ2n) is 7.80. The van der Waals surface area contributed by atoms with Crippen LogP contribution in [0.4, 0.5) is 0 Å². The van der Waals surface area contributed by atoms with Crippen molar-refractivity contribution in [2.24, 2.45) is 5.92 Å². The van der Waals surface area contributed by atoms with E-state index in [2.05, 4.69) is 6.07 Å². The van der Waals surface area contributed by atoms with Gasteiger partial charge >= 0.3 is 0 Å². The van der Waals surface area contributed by atoms with Gasteiger partial charge in [-0.3, -0.25) is 9.59 Å². The highest BCUT2D eigenvalue weighted by atomic mass is 16.3.